The minimum Gasteiger partial charge on any atom is -0.355 e. The summed E-state index contributed by atoms with van der Waals surface area (Å²) in [5.74, 6) is 0.185. The molecule has 3 nitrogen and oxygen atoms in total. The molecular weight excluding hydrogens is 392 g/mol. The molecule has 1 aliphatic heterocycles. The predicted molar refractivity (Wildman–Crippen MR) is 122 cm³/mol. The monoisotopic (exact) mass is 422 g/mol. The Kier molecular flexibility index (Phi) is 5.37. The first-order chi connectivity index (χ1) is 14.6. The van der Waals surface area contributed by atoms with Crippen LogP contribution in [0.25, 0.3) is 0 Å². The fraction of sp³-hybridized carbons (Fsp3) is 0.500. The van der Waals surface area contributed by atoms with Gasteiger partial charge in [0.1, 0.15) is 0 Å². The van der Waals surface area contributed by atoms with Crippen molar-refractivity contribution < 1.29 is 4.79 Å². The van der Waals surface area contributed by atoms with E-state index in [1.807, 2.05) is 24.3 Å². The van der Waals surface area contributed by atoms with Crippen LogP contribution in [0.3, 0.4) is 0 Å². The van der Waals surface area contributed by atoms with E-state index in [1.165, 1.54) is 38.8 Å². The van der Waals surface area contributed by atoms with Crippen LogP contribution >= 0.6 is 11.6 Å². The number of carbonyl (C=O) groups excluding carboxylic acids is 1. The average Bonchev–Trinajstić information content (AvgIpc) is 3.52. The number of fused-ring (bicyclic) bond motifs is 2. The molecule has 1 spiro atoms. The number of likely N-dealkylation sites (tertiary alicyclic amines) is 1. The molecule has 158 valence electrons. The van der Waals surface area contributed by atoms with Gasteiger partial charge in [-0.2, -0.15) is 0 Å². The Bertz CT molecular complexity index is 911. The number of nitrogens with one attached hydrogen (secondary N) is 1. The Labute approximate surface area is 184 Å². The van der Waals surface area contributed by atoms with Gasteiger partial charge in [0.25, 0.3) is 0 Å². The lowest BCUT2D eigenvalue weighted by molar-refractivity contribution is -0.123. The highest BCUT2D eigenvalue weighted by Crippen LogP contribution is 2.48. The summed E-state index contributed by atoms with van der Waals surface area (Å²) in [6, 6.07) is 16.8. The highest BCUT2D eigenvalue weighted by atomic mass is 35.5. The van der Waals surface area contributed by atoms with E-state index >= 15 is 0 Å². The first-order valence-corrected chi connectivity index (χ1v) is 11.8. The van der Waals surface area contributed by atoms with E-state index in [0.29, 0.717) is 5.41 Å². The molecule has 1 N–H and O–H groups in total. The Morgan fingerprint density at radius 1 is 0.967 bits per heavy atom. The molecule has 0 aromatic heterocycles. The summed E-state index contributed by atoms with van der Waals surface area (Å²) < 4.78 is 0. The molecule has 0 atom stereocenters. The zero-order valence-electron chi connectivity index (χ0n) is 17.6. The van der Waals surface area contributed by atoms with Gasteiger partial charge < -0.3 is 10.2 Å². The van der Waals surface area contributed by atoms with Gasteiger partial charge in [0.05, 0.1) is 5.41 Å². The maximum absolute atomic E-state index is 12.8. The summed E-state index contributed by atoms with van der Waals surface area (Å²) in [5, 5.41) is 3.92. The standard InChI is InChI=1S/C26H31ClN2O/c27-22-8-6-21(7-9-22)26(12-13-26)24(30)28-16-3-17-29-18-14-25(15-19-29)11-10-20-4-1-2-5-23(20)25/h1-2,4-9H,3,10-19H2,(H,28,30). The highest BCUT2D eigenvalue weighted by molar-refractivity contribution is 6.30. The number of piperidine rings is 1. The summed E-state index contributed by atoms with van der Waals surface area (Å²) in [7, 11) is 0. The molecule has 0 unspecified atom stereocenters. The fourth-order valence-electron chi connectivity index (χ4n) is 5.70. The number of benzene rings is 2. The zero-order valence-corrected chi connectivity index (χ0v) is 18.4. The zero-order chi connectivity index (χ0) is 20.6. The van der Waals surface area contributed by atoms with Gasteiger partial charge in [-0.3, -0.25) is 4.79 Å². The van der Waals surface area contributed by atoms with Crippen LogP contribution < -0.4 is 5.32 Å². The number of halogens is 1. The summed E-state index contributed by atoms with van der Waals surface area (Å²) in [6.07, 6.45) is 8.02. The number of amides is 1. The molecule has 4 heteroatoms. The molecule has 30 heavy (non-hydrogen) atoms. The second kappa shape index (κ2) is 8.01. The summed E-state index contributed by atoms with van der Waals surface area (Å²) in [4.78, 5) is 15.4. The van der Waals surface area contributed by atoms with Gasteiger partial charge in [-0.15, -0.1) is 0 Å². The predicted octanol–water partition coefficient (Wildman–Crippen LogP) is 4.86. The van der Waals surface area contributed by atoms with Gasteiger partial charge in [0, 0.05) is 11.6 Å². The summed E-state index contributed by atoms with van der Waals surface area (Å²) in [5.41, 5.74) is 4.41. The van der Waals surface area contributed by atoms with Crippen LogP contribution in [0.4, 0.5) is 0 Å². The van der Waals surface area contributed by atoms with Crippen LogP contribution in [-0.2, 0) is 22.0 Å². The SMILES string of the molecule is O=C(NCCCN1CCC2(CCc3ccccc32)CC1)C1(c2ccc(Cl)cc2)CC1. The van der Waals surface area contributed by atoms with E-state index in [-0.39, 0.29) is 11.3 Å². The number of nitrogens with zero attached hydrogens (tertiary/aromatic N) is 1. The van der Waals surface area contributed by atoms with Crippen LogP contribution in [0.5, 0.6) is 0 Å². The lowest BCUT2D eigenvalue weighted by Crippen LogP contribution is -2.42. The normalized spacial score (nSPS) is 21.4. The van der Waals surface area contributed by atoms with Crippen LogP contribution in [0.15, 0.2) is 48.5 Å². The second-order valence-electron chi connectivity index (χ2n) is 9.48. The molecule has 2 aliphatic carbocycles. The molecular formula is C26H31ClN2O. The molecule has 2 fully saturated rings. The molecule has 2 aromatic carbocycles. The average molecular weight is 423 g/mol. The number of hydrogen-bond acceptors (Lipinski definition) is 2. The van der Waals surface area contributed by atoms with E-state index in [1.54, 1.807) is 11.1 Å². The van der Waals surface area contributed by atoms with E-state index in [9.17, 15) is 4.79 Å². The van der Waals surface area contributed by atoms with Crippen LogP contribution in [-0.4, -0.2) is 37.0 Å². The van der Waals surface area contributed by atoms with Crippen molar-refractivity contribution in [1.82, 2.24) is 10.2 Å². The van der Waals surface area contributed by atoms with Crippen LogP contribution in [0.1, 0.15) is 55.2 Å². The summed E-state index contributed by atoms with van der Waals surface area (Å²) >= 11 is 6.00. The lowest BCUT2D eigenvalue weighted by Gasteiger charge is -2.40. The van der Waals surface area contributed by atoms with Crippen molar-refractivity contribution in [2.24, 2.45) is 0 Å². The van der Waals surface area contributed by atoms with Crippen molar-refractivity contribution in [1.29, 1.82) is 0 Å². The Morgan fingerprint density at radius 2 is 1.70 bits per heavy atom. The number of carbonyl (C=O) groups is 1. The molecule has 0 bridgehead atoms. The fourth-order valence-corrected chi connectivity index (χ4v) is 5.83. The van der Waals surface area contributed by atoms with Crippen molar-refractivity contribution in [2.45, 2.75) is 55.8 Å². The third-order valence-electron chi connectivity index (χ3n) is 7.79. The van der Waals surface area contributed by atoms with E-state index in [0.717, 1.165) is 42.9 Å². The number of rotatable bonds is 6. The van der Waals surface area contributed by atoms with Crippen LogP contribution in [0.2, 0.25) is 5.02 Å². The molecule has 1 heterocycles. The van der Waals surface area contributed by atoms with Crippen LogP contribution in [0, 0.1) is 0 Å². The molecule has 1 saturated heterocycles. The molecule has 1 amide bonds. The largest absolute Gasteiger partial charge is 0.355 e. The highest BCUT2D eigenvalue weighted by Gasteiger charge is 2.51. The molecule has 0 radical (unpaired) electrons. The maximum Gasteiger partial charge on any atom is 0.230 e. The van der Waals surface area contributed by atoms with Gasteiger partial charge in [-0.05, 0) is 98.8 Å². The van der Waals surface area contributed by atoms with E-state index in [4.69, 9.17) is 11.6 Å². The third kappa shape index (κ3) is 3.67. The van der Waals surface area contributed by atoms with Gasteiger partial charge in [-0.1, -0.05) is 48.0 Å². The van der Waals surface area contributed by atoms with Crippen molar-refractivity contribution in [3.8, 4) is 0 Å². The third-order valence-corrected chi connectivity index (χ3v) is 8.04. The Morgan fingerprint density at radius 3 is 2.43 bits per heavy atom. The first kappa shape index (κ1) is 20.1. The quantitative estimate of drug-likeness (QED) is 0.674. The molecule has 5 rings (SSSR count). The number of hydrogen-bond donors (Lipinski definition) is 1. The molecule has 3 aliphatic rings. The molecule has 1 saturated carbocycles. The van der Waals surface area contributed by atoms with Crippen molar-refractivity contribution in [3.05, 3.63) is 70.2 Å². The topological polar surface area (TPSA) is 32.3 Å². The number of aryl methyl sites for hydroxylation is 1. The maximum atomic E-state index is 12.8. The van der Waals surface area contributed by atoms with Crippen molar-refractivity contribution >= 4 is 17.5 Å². The van der Waals surface area contributed by atoms with Gasteiger partial charge in [-0.25, -0.2) is 0 Å². The Balaban J connectivity index is 1.07. The van der Waals surface area contributed by atoms with E-state index < -0.39 is 0 Å². The van der Waals surface area contributed by atoms with Gasteiger partial charge in [0.15, 0.2) is 0 Å². The summed E-state index contributed by atoms with van der Waals surface area (Å²) in [6.45, 7) is 4.19. The first-order valence-electron chi connectivity index (χ1n) is 11.5. The smallest absolute Gasteiger partial charge is 0.230 e. The van der Waals surface area contributed by atoms with Gasteiger partial charge >= 0.3 is 0 Å². The Hall–Kier alpha value is -1.84. The second-order valence-corrected chi connectivity index (χ2v) is 9.91. The van der Waals surface area contributed by atoms with Crippen molar-refractivity contribution in [3.63, 3.8) is 0 Å². The van der Waals surface area contributed by atoms with E-state index in [2.05, 4.69) is 34.5 Å². The molecule has 2 aromatic rings. The van der Waals surface area contributed by atoms with Gasteiger partial charge in [0.2, 0.25) is 5.91 Å². The lowest BCUT2D eigenvalue weighted by atomic mass is 9.74. The minimum atomic E-state index is -0.308. The van der Waals surface area contributed by atoms with Crippen molar-refractivity contribution in [2.75, 3.05) is 26.2 Å². The minimum absolute atomic E-state index is 0.185.